The number of hydrogen-bond acceptors (Lipinski definition) is 5. The van der Waals surface area contributed by atoms with Crippen molar-refractivity contribution in [2.24, 2.45) is 5.84 Å². The molecule has 0 saturated heterocycles. The van der Waals surface area contributed by atoms with Crippen LogP contribution in [0.2, 0.25) is 5.02 Å². The normalized spacial score (nSPS) is 13.7. The fourth-order valence-electron chi connectivity index (χ4n) is 2.56. The smallest absolute Gasteiger partial charge is 0.0933 e. The number of nitrogens with two attached hydrogens (primary N) is 1. The minimum Gasteiger partial charge on any atom is -0.383 e. The van der Waals surface area contributed by atoms with E-state index in [1.54, 1.807) is 20.4 Å². The van der Waals surface area contributed by atoms with Gasteiger partial charge < -0.3 is 9.47 Å². The molecule has 0 amide bonds. The quantitative estimate of drug-likeness (QED) is 0.538. The number of hydrogen-bond donors (Lipinski definition) is 2. The Kier molecular flexibility index (Phi) is 6.91. The van der Waals surface area contributed by atoms with Crippen molar-refractivity contribution in [3.63, 3.8) is 0 Å². The lowest BCUT2D eigenvalue weighted by molar-refractivity contribution is -0.0509. The van der Waals surface area contributed by atoms with Gasteiger partial charge in [0.25, 0.3) is 0 Å². The number of methoxy groups -OCH3 is 2. The summed E-state index contributed by atoms with van der Waals surface area (Å²) in [6.07, 6.45) is 3.24. The molecule has 1 atom stereocenters. The molecule has 0 aliphatic carbocycles. The molecule has 20 heavy (non-hydrogen) atoms. The summed E-state index contributed by atoms with van der Waals surface area (Å²) >= 11 is 6.30. The number of halogens is 1. The maximum absolute atomic E-state index is 6.30. The van der Waals surface area contributed by atoms with Crippen LogP contribution in [-0.2, 0) is 16.0 Å². The number of hydrazine groups is 1. The number of aromatic nitrogens is 2. The van der Waals surface area contributed by atoms with Crippen molar-refractivity contribution in [3.05, 3.63) is 16.9 Å². The van der Waals surface area contributed by atoms with Gasteiger partial charge in [-0.05, 0) is 12.8 Å². The van der Waals surface area contributed by atoms with Crippen LogP contribution in [0.25, 0.3) is 0 Å². The van der Waals surface area contributed by atoms with Gasteiger partial charge in [0.1, 0.15) is 0 Å². The summed E-state index contributed by atoms with van der Waals surface area (Å²) in [4.78, 5) is 0. The average Bonchev–Trinajstić information content (AvgIpc) is 2.84. The first-order valence-corrected chi connectivity index (χ1v) is 7.19. The second-order valence-electron chi connectivity index (χ2n) is 4.67. The molecule has 1 aromatic heterocycles. The summed E-state index contributed by atoms with van der Waals surface area (Å²) in [6, 6.07) is -0.241. The Labute approximate surface area is 125 Å². The van der Waals surface area contributed by atoms with Crippen molar-refractivity contribution in [1.82, 2.24) is 15.2 Å². The molecule has 0 fully saturated rings. The van der Waals surface area contributed by atoms with Crippen LogP contribution in [0.1, 0.15) is 38.4 Å². The van der Waals surface area contributed by atoms with E-state index >= 15 is 0 Å². The number of nitrogens with zero attached hydrogens (tertiary/aromatic N) is 2. The molecule has 1 unspecified atom stereocenters. The van der Waals surface area contributed by atoms with E-state index < -0.39 is 5.60 Å². The highest BCUT2D eigenvalue weighted by molar-refractivity contribution is 6.31. The molecular weight excluding hydrogens is 280 g/mol. The Morgan fingerprint density at radius 3 is 2.55 bits per heavy atom. The zero-order valence-electron chi connectivity index (χ0n) is 12.6. The summed E-state index contributed by atoms with van der Waals surface area (Å²) in [7, 11) is 3.35. The summed E-state index contributed by atoms with van der Waals surface area (Å²) in [5.41, 5.74) is 3.25. The van der Waals surface area contributed by atoms with E-state index in [4.69, 9.17) is 26.9 Å². The summed E-state index contributed by atoms with van der Waals surface area (Å²) in [5, 5.41) is 4.87. The van der Waals surface area contributed by atoms with Crippen LogP contribution in [0.4, 0.5) is 0 Å². The first kappa shape index (κ1) is 17.4. The lowest BCUT2D eigenvalue weighted by atomic mass is 9.86. The molecule has 0 radical (unpaired) electrons. The van der Waals surface area contributed by atoms with E-state index in [0.29, 0.717) is 18.2 Å². The Morgan fingerprint density at radius 2 is 2.10 bits per heavy atom. The summed E-state index contributed by atoms with van der Waals surface area (Å²) < 4.78 is 12.7. The minimum atomic E-state index is -0.427. The van der Waals surface area contributed by atoms with Crippen LogP contribution in [0.15, 0.2) is 6.20 Å². The van der Waals surface area contributed by atoms with Gasteiger partial charge in [-0.2, -0.15) is 5.10 Å². The van der Waals surface area contributed by atoms with E-state index in [-0.39, 0.29) is 6.04 Å². The molecule has 7 heteroatoms. The fraction of sp³-hybridized carbons (Fsp3) is 0.769. The zero-order valence-corrected chi connectivity index (χ0v) is 13.4. The van der Waals surface area contributed by atoms with Gasteiger partial charge in [-0.3, -0.25) is 10.5 Å². The lowest BCUT2D eigenvalue weighted by Crippen LogP contribution is -2.48. The summed E-state index contributed by atoms with van der Waals surface area (Å²) in [6.45, 7) is 5.31. The molecule has 0 aliphatic heterocycles. The van der Waals surface area contributed by atoms with E-state index in [2.05, 4.69) is 24.4 Å². The minimum absolute atomic E-state index is 0.241. The Bertz CT molecular complexity index is 399. The van der Waals surface area contributed by atoms with Crippen LogP contribution in [-0.4, -0.2) is 36.2 Å². The van der Waals surface area contributed by atoms with Gasteiger partial charge in [0.15, 0.2) is 0 Å². The lowest BCUT2D eigenvalue weighted by Gasteiger charge is -2.38. The monoisotopic (exact) mass is 304 g/mol. The zero-order chi connectivity index (χ0) is 15.2. The molecule has 0 aliphatic rings. The number of rotatable bonds is 9. The standard InChI is InChI=1S/C13H25ClN4O2/c1-5-13(6-2,20-4)12(17-15)11-10(14)9-16-18(11)7-8-19-3/h9,12,17H,5-8,15H2,1-4H3. The molecule has 0 bridgehead atoms. The molecule has 1 aromatic rings. The molecule has 3 N–H and O–H groups in total. The molecule has 116 valence electrons. The molecule has 1 heterocycles. The first-order chi connectivity index (χ1) is 9.60. The van der Waals surface area contributed by atoms with Gasteiger partial charge >= 0.3 is 0 Å². The third kappa shape index (κ3) is 3.32. The van der Waals surface area contributed by atoms with Crippen molar-refractivity contribution in [3.8, 4) is 0 Å². The number of nitrogens with one attached hydrogen (secondary N) is 1. The predicted molar refractivity (Wildman–Crippen MR) is 79.5 cm³/mol. The second kappa shape index (κ2) is 7.95. The predicted octanol–water partition coefficient (Wildman–Crippen LogP) is 1.89. The van der Waals surface area contributed by atoms with Gasteiger partial charge in [0.2, 0.25) is 0 Å². The Morgan fingerprint density at radius 1 is 1.45 bits per heavy atom. The van der Waals surface area contributed by atoms with Crippen LogP contribution in [0.5, 0.6) is 0 Å². The van der Waals surface area contributed by atoms with E-state index in [0.717, 1.165) is 18.5 Å². The van der Waals surface area contributed by atoms with Crippen LogP contribution >= 0.6 is 11.6 Å². The van der Waals surface area contributed by atoms with Gasteiger partial charge in [0.05, 0.1) is 41.7 Å². The molecule has 0 aromatic carbocycles. The Hall–Kier alpha value is -0.660. The third-order valence-corrected chi connectivity index (χ3v) is 4.20. The van der Waals surface area contributed by atoms with Crippen molar-refractivity contribution in [1.29, 1.82) is 0 Å². The van der Waals surface area contributed by atoms with Crippen LogP contribution in [0, 0.1) is 0 Å². The third-order valence-electron chi connectivity index (χ3n) is 3.91. The molecule has 1 rings (SSSR count). The average molecular weight is 305 g/mol. The Balaban J connectivity index is 3.20. The van der Waals surface area contributed by atoms with Gasteiger partial charge in [-0.25, -0.2) is 5.43 Å². The second-order valence-corrected chi connectivity index (χ2v) is 5.08. The molecule has 6 nitrogen and oxygen atoms in total. The highest BCUT2D eigenvalue weighted by atomic mass is 35.5. The van der Waals surface area contributed by atoms with Crippen molar-refractivity contribution < 1.29 is 9.47 Å². The molecule has 0 saturated carbocycles. The van der Waals surface area contributed by atoms with E-state index in [9.17, 15) is 0 Å². The van der Waals surface area contributed by atoms with Gasteiger partial charge in [0, 0.05) is 14.2 Å². The first-order valence-electron chi connectivity index (χ1n) is 6.81. The van der Waals surface area contributed by atoms with E-state index in [1.165, 1.54) is 0 Å². The van der Waals surface area contributed by atoms with Crippen LogP contribution < -0.4 is 11.3 Å². The van der Waals surface area contributed by atoms with Gasteiger partial charge in [-0.15, -0.1) is 0 Å². The van der Waals surface area contributed by atoms with Crippen molar-refractivity contribution >= 4 is 11.6 Å². The number of ether oxygens (including phenoxy) is 2. The molecular formula is C13H25ClN4O2. The highest BCUT2D eigenvalue weighted by Crippen LogP contribution is 2.37. The van der Waals surface area contributed by atoms with E-state index in [1.807, 2.05) is 4.68 Å². The van der Waals surface area contributed by atoms with Gasteiger partial charge in [-0.1, -0.05) is 25.4 Å². The molecule has 0 spiro atoms. The topological polar surface area (TPSA) is 74.3 Å². The largest absolute Gasteiger partial charge is 0.383 e. The highest BCUT2D eigenvalue weighted by Gasteiger charge is 2.39. The maximum Gasteiger partial charge on any atom is 0.0933 e. The van der Waals surface area contributed by atoms with Crippen molar-refractivity contribution in [2.45, 2.75) is 44.9 Å². The van der Waals surface area contributed by atoms with Crippen LogP contribution in [0.3, 0.4) is 0 Å². The maximum atomic E-state index is 6.30. The van der Waals surface area contributed by atoms with Crippen molar-refractivity contribution in [2.75, 3.05) is 20.8 Å². The fourth-order valence-corrected chi connectivity index (χ4v) is 2.81. The summed E-state index contributed by atoms with van der Waals surface area (Å²) in [5.74, 6) is 5.78. The SMILES string of the molecule is CCC(CC)(OC)C(NN)c1c(Cl)cnn1CCOC.